The fourth-order valence-corrected chi connectivity index (χ4v) is 9.80. The number of fused-ring (bicyclic) bond motifs is 5. The predicted octanol–water partition coefficient (Wildman–Crippen LogP) is 3.95. The van der Waals surface area contributed by atoms with E-state index in [1.165, 1.54) is 15.4 Å². The summed E-state index contributed by atoms with van der Waals surface area (Å²) < 4.78 is 0. The normalized spacial score (nSPS) is 30.7. The average molecular weight is 735 g/mol. The molecule has 6 atom stereocenters. The van der Waals surface area contributed by atoms with Crippen LogP contribution in [0.25, 0.3) is 0 Å². The van der Waals surface area contributed by atoms with Crippen molar-refractivity contribution in [3.8, 4) is 0 Å². The Balaban J connectivity index is 1.28. The van der Waals surface area contributed by atoms with Crippen LogP contribution in [-0.4, -0.2) is 129 Å². The molecule has 3 saturated carbocycles. The number of unbranched alkanes of at least 4 members (excludes halogenated alkanes) is 2. The SMILES string of the molecule is C/C(=N\OCCCCN(CC(=O)O)CC(=O)O)[C@@]1(O)CC[C@H]2[C@@H]3CCC4=C/C(=N/OCCCCN(CC(=O)O)CC(=O)O)CC[C@]4(C)[C@H]3CC[C@@]21C. The van der Waals surface area contributed by atoms with Crippen molar-refractivity contribution >= 4 is 35.3 Å². The van der Waals surface area contributed by atoms with E-state index in [9.17, 15) is 24.3 Å². The van der Waals surface area contributed by atoms with Gasteiger partial charge in [-0.2, -0.15) is 0 Å². The number of hydrogen-bond donors (Lipinski definition) is 5. The number of hydrogen-bond acceptors (Lipinski definition) is 11. The van der Waals surface area contributed by atoms with E-state index in [1.807, 2.05) is 6.92 Å². The standard InChI is InChI=1S/C37H58N4O11/c1-25(38-51-18-6-4-16-40(21-31(42)43)22-32(44)45)37(50)15-12-30-28-9-8-26-20-27(10-13-35(26,2)29(28)11-14-36(30,37)3)39-52-19-7-5-17-41(23-33(46)47)24-34(48)49/h20,28-30,50H,4-19,21-24H2,1-3H3,(H,42,43)(H,44,45)(H,46,47)(H,48,49)/b38-25+,39-27+/t28-,29+,30+,35+,36+,37+/m1/s1. The van der Waals surface area contributed by atoms with Crippen LogP contribution in [0.3, 0.4) is 0 Å². The van der Waals surface area contributed by atoms with Gasteiger partial charge < -0.3 is 35.2 Å². The first-order valence-electron chi connectivity index (χ1n) is 18.7. The van der Waals surface area contributed by atoms with Gasteiger partial charge in [-0.15, -0.1) is 0 Å². The predicted molar refractivity (Wildman–Crippen MR) is 191 cm³/mol. The van der Waals surface area contributed by atoms with Gasteiger partial charge in [0, 0.05) is 5.41 Å². The molecule has 5 N–H and O–H groups in total. The minimum Gasteiger partial charge on any atom is -0.480 e. The highest BCUT2D eigenvalue weighted by Gasteiger charge is 2.65. The molecule has 0 heterocycles. The lowest BCUT2D eigenvalue weighted by Crippen LogP contribution is -2.57. The molecule has 0 unspecified atom stereocenters. The highest BCUT2D eigenvalue weighted by atomic mass is 16.6. The van der Waals surface area contributed by atoms with E-state index in [-0.39, 0.29) is 43.6 Å². The fourth-order valence-electron chi connectivity index (χ4n) is 9.80. The van der Waals surface area contributed by atoms with Crippen LogP contribution in [0.1, 0.15) is 97.8 Å². The lowest BCUT2D eigenvalue weighted by molar-refractivity contribution is -0.143. The third kappa shape index (κ3) is 9.90. The summed E-state index contributed by atoms with van der Waals surface area (Å²) in [6.45, 7) is 6.54. The van der Waals surface area contributed by atoms with E-state index < -0.39 is 29.5 Å². The van der Waals surface area contributed by atoms with Gasteiger partial charge in [-0.25, -0.2) is 0 Å². The zero-order valence-corrected chi connectivity index (χ0v) is 30.9. The maximum absolute atomic E-state index is 12.2. The first-order chi connectivity index (χ1) is 24.6. The monoisotopic (exact) mass is 734 g/mol. The van der Waals surface area contributed by atoms with Crippen LogP contribution in [0.2, 0.25) is 0 Å². The molecule has 0 bridgehead atoms. The number of carboxylic acids is 4. The second-order valence-corrected chi connectivity index (χ2v) is 15.7. The molecule has 3 fully saturated rings. The van der Waals surface area contributed by atoms with Crippen molar-refractivity contribution in [2.75, 3.05) is 52.5 Å². The van der Waals surface area contributed by atoms with Crippen LogP contribution < -0.4 is 0 Å². The van der Waals surface area contributed by atoms with Gasteiger partial charge in [0.2, 0.25) is 0 Å². The summed E-state index contributed by atoms with van der Waals surface area (Å²) in [6, 6.07) is 0. The summed E-state index contributed by atoms with van der Waals surface area (Å²) in [7, 11) is 0. The minimum absolute atomic E-state index is 0.0679. The van der Waals surface area contributed by atoms with Crippen molar-refractivity contribution in [1.82, 2.24) is 9.80 Å². The van der Waals surface area contributed by atoms with Crippen molar-refractivity contribution in [2.24, 2.45) is 38.9 Å². The van der Waals surface area contributed by atoms with Gasteiger partial charge in [0.25, 0.3) is 0 Å². The number of rotatable bonds is 21. The van der Waals surface area contributed by atoms with Gasteiger partial charge in [0.05, 0.1) is 37.6 Å². The molecule has 4 aliphatic carbocycles. The van der Waals surface area contributed by atoms with Crippen molar-refractivity contribution < 1.29 is 54.4 Å². The lowest BCUT2D eigenvalue weighted by Gasteiger charge is -2.59. The molecule has 0 radical (unpaired) electrons. The Labute approximate surface area is 305 Å². The molecule has 0 amide bonds. The van der Waals surface area contributed by atoms with Crippen LogP contribution in [-0.2, 0) is 28.9 Å². The Morgan fingerprint density at radius 3 is 1.85 bits per heavy atom. The Bertz CT molecular complexity index is 1370. The Hall–Kier alpha value is -3.56. The third-order valence-corrected chi connectivity index (χ3v) is 12.5. The summed E-state index contributed by atoms with van der Waals surface area (Å²) in [5.74, 6) is -2.86. The molecular formula is C37H58N4O11. The van der Waals surface area contributed by atoms with Gasteiger partial charge in [0.1, 0.15) is 18.8 Å². The lowest BCUT2D eigenvalue weighted by atomic mass is 9.46. The molecule has 292 valence electrons. The van der Waals surface area contributed by atoms with Crippen LogP contribution >= 0.6 is 0 Å². The molecule has 0 aliphatic heterocycles. The number of oxime groups is 2. The van der Waals surface area contributed by atoms with Crippen molar-refractivity contribution in [3.05, 3.63) is 11.6 Å². The maximum Gasteiger partial charge on any atom is 0.317 e. The molecule has 15 heteroatoms. The average Bonchev–Trinajstić information content (AvgIpc) is 3.34. The van der Waals surface area contributed by atoms with Gasteiger partial charge in [-0.05, 0) is 126 Å². The fraction of sp³-hybridized carbons (Fsp3) is 0.784. The Kier molecular flexibility index (Phi) is 14.2. The molecule has 15 nitrogen and oxygen atoms in total. The number of aliphatic carboxylic acids is 4. The van der Waals surface area contributed by atoms with Crippen LogP contribution in [0.15, 0.2) is 22.0 Å². The Morgan fingerprint density at radius 1 is 0.750 bits per heavy atom. The molecular weight excluding hydrogens is 676 g/mol. The molecule has 4 aliphatic rings. The zero-order valence-electron chi connectivity index (χ0n) is 30.9. The van der Waals surface area contributed by atoms with Crippen LogP contribution in [0.4, 0.5) is 0 Å². The molecule has 52 heavy (non-hydrogen) atoms. The van der Waals surface area contributed by atoms with E-state index >= 15 is 0 Å². The summed E-state index contributed by atoms with van der Waals surface area (Å²) in [5, 5.41) is 57.0. The molecule has 0 aromatic heterocycles. The van der Waals surface area contributed by atoms with Gasteiger partial charge in [-0.3, -0.25) is 29.0 Å². The highest BCUT2D eigenvalue weighted by molar-refractivity contribution is 5.96. The molecule has 0 spiro atoms. The zero-order chi connectivity index (χ0) is 38.1. The molecule has 0 aromatic carbocycles. The number of carboxylic acid groups (broad SMARTS) is 4. The second kappa shape index (κ2) is 18.0. The number of carbonyl (C=O) groups is 4. The summed E-state index contributed by atoms with van der Waals surface area (Å²) in [6.07, 6.45) is 12.0. The van der Waals surface area contributed by atoms with Crippen LogP contribution in [0.5, 0.6) is 0 Å². The van der Waals surface area contributed by atoms with E-state index in [0.29, 0.717) is 75.3 Å². The number of allylic oxidation sites excluding steroid dienone is 2. The summed E-state index contributed by atoms with van der Waals surface area (Å²) in [5.41, 5.74) is 1.65. The smallest absolute Gasteiger partial charge is 0.317 e. The number of aliphatic hydroxyl groups is 1. The first kappa shape index (κ1) is 41.2. The molecule has 4 rings (SSSR count). The largest absolute Gasteiger partial charge is 0.480 e. The maximum atomic E-state index is 12.2. The van der Waals surface area contributed by atoms with Crippen LogP contribution in [0, 0.1) is 28.6 Å². The molecule has 0 aromatic rings. The number of nitrogens with zero attached hydrogens (tertiary/aromatic N) is 4. The Morgan fingerprint density at radius 2 is 1.29 bits per heavy atom. The second-order valence-electron chi connectivity index (χ2n) is 15.7. The van der Waals surface area contributed by atoms with Crippen molar-refractivity contribution in [1.29, 1.82) is 0 Å². The first-order valence-corrected chi connectivity index (χ1v) is 18.7. The van der Waals surface area contributed by atoms with E-state index in [4.69, 9.17) is 30.1 Å². The van der Waals surface area contributed by atoms with E-state index in [2.05, 4.69) is 30.2 Å². The highest BCUT2D eigenvalue weighted by Crippen LogP contribution is 2.67. The van der Waals surface area contributed by atoms with Gasteiger partial charge in [0.15, 0.2) is 0 Å². The van der Waals surface area contributed by atoms with E-state index in [0.717, 1.165) is 50.7 Å². The van der Waals surface area contributed by atoms with Gasteiger partial charge >= 0.3 is 23.9 Å². The van der Waals surface area contributed by atoms with Crippen molar-refractivity contribution in [3.63, 3.8) is 0 Å². The third-order valence-electron chi connectivity index (χ3n) is 12.5. The summed E-state index contributed by atoms with van der Waals surface area (Å²) >= 11 is 0. The van der Waals surface area contributed by atoms with E-state index in [1.54, 1.807) is 0 Å². The van der Waals surface area contributed by atoms with Crippen molar-refractivity contribution in [2.45, 2.75) is 103 Å². The molecule has 0 saturated heterocycles. The topological polar surface area (TPSA) is 219 Å². The quantitative estimate of drug-likeness (QED) is 0.0642. The van der Waals surface area contributed by atoms with Gasteiger partial charge in [-0.1, -0.05) is 29.7 Å². The summed E-state index contributed by atoms with van der Waals surface area (Å²) in [4.78, 5) is 58.1. The minimum atomic E-state index is -1.07.